The van der Waals surface area contributed by atoms with Gasteiger partial charge < -0.3 is 14.7 Å². The van der Waals surface area contributed by atoms with Crippen molar-refractivity contribution in [1.82, 2.24) is 14.9 Å². The molecule has 2 unspecified atom stereocenters. The summed E-state index contributed by atoms with van der Waals surface area (Å²) in [7, 11) is 2.10. The number of aromatic amines is 1. The molecule has 1 N–H and O–H groups in total. The quantitative estimate of drug-likeness (QED) is 0.631. The number of H-pyrrole nitrogens is 1. The summed E-state index contributed by atoms with van der Waals surface area (Å²) < 4.78 is 0. The molecule has 0 bridgehead atoms. The number of hydrogen-bond donors (Lipinski definition) is 1. The molecule has 0 aromatic carbocycles. The lowest BCUT2D eigenvalue weighted by Crippen LogP contribution is -2.38. The Morgan fingerprint density at radius 1 is 1.53 bits per heavy atom. The molecule has 0 amide bonds. The molecule has 2 rings (SSSR count). The largest absolute Gasteiger partial charge is 0.310 e. The van der Waals surface area contributed by atoms with Gasteiger partial charge in [-0.2, -0.15) is 0 Å². The molecule has 1 aromatic heterocycles. The summed E-state index contributed by atoms with van der Waals surface area (Å²) in [6, 6.07) is 1.90. The van der Waals surface area contributed by atoms with Crippen LogP contribution in [0.25, 0.3) is 0 Å². The lowest BCUT2D eigenvalue weighted by molar-refractivity contribution is -0.106. The first kappa shape index (κ1) is 15.9. The van der Waals surface area contributed by atoms with Crippen LogP contribution < -0.4 is 5.56 Å². The van der Waals surface area contributed by atoms with E-state index in [1.54, 1.807) is 0 Å². The van der Waals surface area contributed by atoms with E-state index >= 15 is 0 Å². The van der Waals surface area contributed by atoms with Gasteiger partial charge in [0.15, 0.2) is 0 Å². The third-order valence-corrected chi connectivity index (χ3v) is 3.50. The van der Waals surface area contributed by atoms with Crippen LogP contribution in [0.5, 0.6) is 0 Å². The van der Waals surface area contributed by atoms with Crippen molar-refractivity contribution in [2.45, 2.75) is 38.6 Å². The average molecular weight is 286 g/mol. The molecule has 0 saturated carbocycles. The lowest BCUT2D eigenvalue weighted by atomic mass is 9.93. The fraction of sp³-hybridized carbons (Fsp3) is 0.615. The molecule has 5 nitrogen and oxygen atoms in total. The first-order valence-corrected chi connectivity index (χ1v) is 6.72. The third-order valence-electron chi connectivity index (χ3n) is 3.31. The first-order valence-electron chi connectivity index (χ1n) is 6.34. The minimum atomic E-state index is -0.170. The fourth-order valence-electron chi connectivity index (χ4n) is 2.14. The monoisotopic (exact) mass is 285 g/mol. The molecule has 6 heteroatoms. The van der Waals surface area contributed by atoms with E-state index in [1.807, 2.05) is 0 Å². The van der Waals surface area contributed by atoms with Crippen LogP contribution in [0.15, 0.2) is 10.9 Å². The molecule has 2 atom stereocenters. The number of rotatable bonds is 1. The van der Waals surface area contributed by atoms with Crippen LogP contribution in [0.4, 0.5) is 0 Å². The summed E-state index contributed by atoms with van der Waals surface area (Å²) in [5.74, 6) is 1.00. The maximum Gasteiger partial charge on any atom is 0.252 e. The van der Waals surface area contributed by atoms with Gasteiger partial charge >= 0.3 is 0 Å². The van der Waals surface area contributed by atoms with E-state index in [1.165, 1.54) is 13.0 Å². The number of nitrogens with one attached hydrogen (secondary N) is 1. The molecular weight excluding hydrogens is 266 g/mol. The molecular formula is C13H20ClN3O2. The number of likely N-dealkylation sites (tertiary alicyclic amines) is 1. The molecule has 19 heavy (non-hydrogen) atoms. The van der Waals surface area contributed by atoms with Crippen LogP contribution in [0.3, 0.4) is 0 Å². The zero-order valence-corrected chi connectivity index (χ0v) is 12.3. The standard InChI is InChI=1S/C11H16ClN3O.C2H4O/c1-7-3-4-8(6-15(7)2)11-13-9(12)5-10(16)14-11;1-2-3/h5,7-8H,3-4,6H2,1-2H3,(H,13,14,16);2H,1H3. The second-order valence-corrected chi connectivity index (χ2v) is 5.14. The SMILES string of the molecule is CC1CCC(c2nc(Cl)cc(=O)[nH]2)CN1C.CC=O. The Labute approximate surface area is 118 Å². The number of aldehydes is 1. The summed E-state index contributed by atoms with van der Waals surface area (Å²) >= 11 is 5.79. The van der Waals surface area contributed by atoms with Crippen LogP contribution in [0.1, 0.15) is 38.4 Å². The van der Waals surface area contributed by atoms with E-state index in [4.69, 9.17) is 16.4 Å². The van der Waals surface area contributed by atoms with Crippen LogP contribution in [-0.4, -0.2) is 40.8 Å². The number of hydrogen-bond acceptors (Lipinski definition) is 4. The van der Waals surface area contributed by atoms with Crippen LogP contribution in [0.2, 0.25) is 5.15 Å². The first-order chi connectivity index (χ1) is 8.97. The number of piperidine rings is 1. The predicted octanol–water partition coefficient (Wildman–Crippen LogP) is 1.83. The number of nitrogens with zero attached hydrogens (tertiary/aromatic N) is 2. The Hall–Kier alpha value is -1.20. The van der Waals surface area contributed by atoms with Crippen LogP contribution in [-0.2, 0) is 4.79 Å². The molecule has 1 saturated heterocycles. The van der Waals surface area contributed by atoms with Crippen molar-refractivity contribution in [2.75, 3.05) is 13.6 Å². The van der Waals surface area contributed by atoms with Crippen molar-refractivity contribution >= 4 is 17.9 Å². The molecule has 1 aliphatic heterocycles. The highest BCUT2D eigenvalue weighted by Gasteiger charge is 2.25. The second-order valence-electron chi connectivity index (χ2n) is 4.75. The van der Waals surface area contributed by atoms with Gasteiger partial charge in [-0.15, -0.1) is 0 Å². The zero-order valence-electron chi connectivity index (χ0n) is 11.5. The van der Waals surface area contributed by atoms with Crippen LogP contribution in [0, 0.1) is 0 Å². The van der Waals surface area contributed by atoms with Gasteiger partial charge in [0.1, 0.15) is 17.3 Å². The van der Waals surface area contributed by atoms with E-state index in [2.05, 4.69) is 28.8 Å². The van der Waals surface area contributed by atoms with Gasteiger partial charge in [-0.1, -0.05) is 11.6 Å². The second kappa shape index (κ2) is 7.40. The minimum Gasteiger partial charge on any atom is -0.310 e. The van der Waals surface area contributed by atoms with E-state index in [0.29, 0.717) is 6.04 Å². The number of carbonyl (C=O) groups excluding carboxylic acids is 1. The molecule has 1 fully saturated rings. The van der Waals surface area contributed by atoms with Crippen molar-refractivity contribution in [1.29, 1.82) is 0 Å². The Morgan fingerprint density at radius 3 is 2.68 bits per heavy atom. The van der Waals surface area contributed by atoms with E-state index in [9.17, 15) is 4.79 Å². The Morgan fingerprint density at radius 2 is 2.16 bits per heavy atom. The maximum absolute atomic E-state index is 11.3. The molecule has 2 heterocycles. The normalized spacial score (nSPS) is 23.4. The summed E-state index contributed by atoms with van der Waals surface area (Å²) in [5, 5.41) is 0.278. The van der Waals surface area contributed by atoms with Crippen molar-refractivity contribution in [3.63, 3.8) is 0 Å². The fourth-order valence-corrected chi connectivity index (χ4v) is 2.33. The highest BCUT2D eigenvalue weighted by atomic mass is 35.5. The summed E-state index contributed by atoms with van der Waals surface area (Å²) in [4.78, 5) is 29.4. The average Bonchev–Trinajstić information content (AvgIpc) is 2.32. The highest BCUT2D eigenvalue weighted by Crippen LogP contribution is 2.26. The van der Waals surface area contributed by atoms with Gasteiger partial charge in [0.2, 0.25) is 0 Å². The molecule has 0 spiro atoms. The number of halogens is 1. The Kier molecular flexibility index (Phi) is 6.18. The van der Waals surface area contributed by atoms with Gasteiger partial charge in [0.05, 0.1) is 0 Å². The van der Waals surface area contributed by atoms with Gasteiger partial charge in [-0.25, -0.2) is 4.98 Å². The van der Waals surface area contributed by atoms with E-state index in [0.717, 1.165) is 31.5 Å². The predicted molar refractivity (Wildman–Crippen MR) is 75.7 cm³/mol. The number of aromatic nitrogens is 2. The van der Waals surface area contributed by atoms with Crippen molar-refractivity contribution in [3.8, 4) is 0 Å². The van der Waals surface area contributed by atoms with E-state index < -0.39 is 0 Å². The van der Waals surface area contributed by atoms with Gasteiger partial charge in [0, 0.05) is 24.6 Å². The van der Waals surface area contributed by atoms with Crippen molar-refractivity contribution < 1.29 is 4.79 Å². The van der Waals surface area contributed by atoms with E-state index in [-0.39, 0.29) is 16.6 Å². The zero-order chi connectivity index (χ0) is 14.4. The number of likely N-dealkylation sites (N-methyl/N-ethyl adjacent to an activating group) is 1. The Balaban J connectivity index is 0.000000550. The maximum atomic E-state index is 11.3. The van der Waals surface area contributed by atoms with Gasteiger partial charge in [-0.3, -0.25) is 4.79 Å². The molecule has 0 radical (unpaired) electrons. The van der Waals surface area contributed by atoms with Gasteiger partial charge in [0.25, 0.3) is 5.56 Å². The molecule has 1 aliphatic rings. The van der Waals surface area contributed by atoms with Crippen LogP contribution >= 0.6 is 11.6 Å². The summed E-state index contributed by atoms with van der Waals surface area (Å²) in [6.45, 7) is 4.58. The molecule has 1 aromatic rings. The summed E-state index contributed by atoms with van der Waals surface area (Å²) in [6.07, 6.45) is 2.92. The van der Waals surface area contributed by atoms with Crippen molar-refractivity contribution in [2.24, 2.45) is 0 Å². The summed E-state index contributed by atoms with van der Waals surface area (Å²) in [5.41, 5.74) is -0.170. The highest BCUT2D eigenvalue weighted by molar-refractivity contribution is 6.29. The lowest BCUT2D eigenvalue weighted by Gasteiger charge is -2.34. The smallest absolute Gasteiger partial charge is 0.252 e. The third kappa shape index (κ3) is 4.76. The number of carbonyl (C=O) groups is 1. The van der Waals surface area contributed by atoms with Crippen molar-refractivity contribution in [3.05, 3.63) is 27.4 Å². The topological polar surface area (TPSA) is 66.1 Å². The molecule has 0 aliphatic carbocycles. The van der Waals surface area contributed by atoms with Gasteiger partial charge in [-0.05, 0) is 33.7 Å². The molecule has 106 valence electrons. The minimum absolute atomic E-state index is 0.170. The Bertz CT molecular complexity index is 475.